The monoisotopic (exact) mass is 409 g/mol. The van der Waals surface area contributed by atoms with E-state index in [4.69, 9.17) is 11.1 Å². The highest BCUT2D eigenvalue weighted by Gasteiger charge is 2.18. The molecule has 1 amide bonds. The van der Waals surface area contributed by atoms with E-state index in [1.54, 1.807) is 6.07 Å². The van der Waals surface area contributed by atoms with E-state index in [-0.39, 0.29) is 24.0 Å². The third-order valence-electron chi connectivity index (χ3n) is 5.03. The van der Waals surface area contributed by atoms with Crippen molar-refractivity contribution in [1.82, 2.24) is 15.3 Å². The van der Waals surface area contributed by atoms with Crippen LogP contribution in [0.15, 0.2) is 30.6 Å². The molecular formula is C21H20FN5OS. The molecule has 0 atom stereocenters. The maximum Gasteiger partial charge on any atom is 0.261 e. The Balaban J connectivity index is 1.49. The van der Waals surface area contributed by atoms with Crippen LogP contribution >= 0.6 is 11.3 Å². The van der Waals surface area contributed by atoms with Crippen LogP contribution in [0.2, 0.25) is 0 Å². The Hall–Kier alpha value is -3.13. The number of carbonyl (C=O) groups excluding carboxylic acids is 1. The van der Waals surface area contributed by atoms with Crippen LogP contribution in [0.4, 0.5) is 10.2 Å². The van der Waals surface area contributed by atoms with E-state index in [0.717, 1.165) is 25.5 Å². The van der Waals surface area contributed by atoms with Crippen molar-refractivity contribution >= 4 is 29.3 Å². The van der Waals surface area contributed by atoms with Gasteiger partial charge in [-0.1, -0.05) is 0 Å². The number of anilines is 1. The number of carbonyl (C=O) groups is 1. The molecule has 4 N–H and O–H groups in total. The number of nitrogen functional groups attached to an aromatic ring is 1. The Kier molecular flexibility index (Phi) is 5.35. The number of fused-ring (bicyclic) bond motifs is 1. The first kappa shape index (κ1) is 19.2. The van der Waals surface area contributed by atoms with Crippen LogP contribution in [-0.4, -0.2) is 22.1 Å². The van der Waals surface area contributed by atoms with E-state index in [1.807, 2.05) is 6.07 Å². The highest BCUT2D eigenvalue weighted by molar-refractivity contribution is 7.14. The maximum absolute atomic E-state index is 14.6. The van der Waals surface area contributed by atoms with Crippen LogP contribution < -0.4 is 11.1 Å². The lowest BCUT2D eigenvalue weighted by atomic mass is 9.99. The molecule has 0 saturated carbocycles. The minimum atomic E-state index is -0.528. The van der Waals surface area contributed by atoms with Gasteiger partial charge in [0.2, 0.25) is 0 Å². The number of nitrogens with one attached hydrogen (secondary N) is 2. The average Bonchev–Trinajstić information content (AvgIpc) is 3.17. The summed E-state index contributed by atoms with van der Waals surface area (Å²) in [6.45, 7) is 0.00340. The van der Waals surface area contributed by atoms with E-state index in [9.17, 15) is 9.18 Å². The minimum Gasteiger partial charge on any atom is -0.383 e. The number of pyridine rings is 2. The molecule has 0 unspecified atom stereocenters. The number of nitrogens with two attached hydrogens (primary N) is 1. The van der Waals surface area contributed by atoms with Gasteiger partial charge in [0.05, 0.1) is 17.1 Å². The van der Waals surface area contributed by atoms with Gasteiger partial charge in [0.15, 0.2) is 0 Å². The maximum atomic E-state index is 14.6. The number of rotatable bonds is 5. The summed E-state index contributed by atoms with van der Waals surface area (Å²) in [5, 5.41) is 10.3. The first-order chi connectivity index (χ1) is 14.1. The molecule has 0 aliphatic heterocycles. The lowest BCUT2D eigenvalue weighted by molar-refractivity contribution is 0.0954. The Labute approximate surface area is 171 Å². The van der Waals surface area contributed by atoms with Gasteiger partial charge in [-0.05, 0) is 55.0 Å². The topological polar surface area (TPSA) is 105 Å². The van der Waals surface area contributed by atoms with Crippen molar-refractivity contribution in [1.29, 1.82) is 5.41 Å². The Bertz CT molecular complexity index is 1070. The Morgan fingerprint density at radius 2 is 2.14 bits per heavy atom. The average molecular weight is 409 g/mol. The predicted molar refractivity (Wildman–Crippen MR) is 112 cm³/mol. The van der Waals surface area contributed by atoms with E-state index in [2.05, 4.69) is 15.3 Å². The summed E-state index contributed by atoms with van der Waals surface area (Å²) in [5.74, 6) is -0.532. The fraction of sp³-hybridized carbons (Fsp3) is 0.238. The van der Waals surface area contributed by atoms with Gasteiger partial charge in [-0.25, -0.2) is 9.37 Å². The fourth-order valence-corrected chi connectivity index (χ4v) is 4.66. The standard InChI is InChI=1S/C21H20FN5OS/c22-16-7-13(14-5-6-25-20(24)15(14)9-23)10-26-17(16)11-27-21(28)19-8-12-3-1-2-4-18(12)29-19/h5-10,23H,1-4,11H2,(H2,24,25)(H,27,28). The molecule has 6 nitrogen and oxygen atoms in total. The SMILES string of the molecule is N=Cc1c(-c2cnc(CNC(=O)c3cc4c(s3)CCCC4)c(F)c2)ccnc1N. The zero-order valence-electron chi connectivity index (χ0n) is 15.7. The molecule has 0 bridgehead atoms. The van der Waals surface area contributed by atoms with Gasteiger partial charge >= 0.3 is 0 Å². The number of aromatic nitrogens is 2. The van der Waals surface area contributed by atoms with Crippen molar-refractivity contribution in [3.05, 3.63) is 63.0 Å². The largest absolute Gasteiger partial charge is 0.383 e. The third kappa shape index (κ3) is 3.88. The number of hydrogen-bond acceptors (Lipinski definition) is 6. The summed E-state index contributed by atoms with van der Waals surface area (Å²) in [6, 6.07) is 4.95. The molecule has 4 rings (SSSR count). The van der Waals surface area contributed by atoms with Gasteiger partial charge in [0.25, 0.3) is 5.91 Å². The lowest BCUT2D eigenvalue weighted by Gasteiger charge is -2.10. The highest BCUT2D eigenvalue weighted by atomic mass is 32.1. The van der Waals surface area contributed by atoms with E-state index >= 15 is 0 Å². The number of halogens is 1. The van der Waals surface area contributed by atoms with Crippen LogP contribution in [0, 0.1) is 11.2 Å². The predicted octanol–water partition coefficient (Wildman–Crippen LogP) is 3.73. The van der Waals surface area contributed by atoms with Gasteiger partial charge in [-0.3, -0.25) is 9.78 Å². The second-order valence-electron chi connectivity index (χ2n) is 6.90. The second-order valence-corrected chi connectivity index (χ2v) is 8.04. The van der Waals surface area contributed by atoms with Crippen molar-refractivity contribution < 1.29 is 9.18 Å². The van der Waals surface area contributed by atoms with Crippen molar-refractivity contribution in [3.8, 4) is 11.1 Å². The van der Waals surface area contributed by atoms with E-state index in [0.29, 0.717) is 21.6 Å². The van der Waals surface area contributed by atoms with Gasteiger partial charge < -0.3 is 16.5 Å². The second kappa shape index (κ2) is 8.08. The molecule has 0 saturated heterocycles. The minimum absolute atomic E-state index is 0.00340. The normalized spacial score (nSPS) is 13.0. The first-order valence-corrected chi connectivity index (χ1v) is 10.2. The summed E-state index contributed by atoms with van der Waals surface area (Å²) >= 11 is 1.52. The quantitative estimate of drug-likeness (QED) is 0.558. The van der Waals surface area contributed by atoms with Crippen molar-refractivity contribution in [2.75, 3.05) is 5.73 Å². The van der Waals surface area contributed by atoms with Crippen molar-refractivity contribution in [2.45, 2.75) is 32.2 Å². The summed E-state index contributed by atoms with van der Waals surface area (Å²) in [5.41, 5.74) is 8.70. The third-order valence-corrected chi connectivity index (χ3v) is 6.27. The molecule has 0 fully saturated rings. The summed E-state index contributed by atoms with van der Waals surface area (Å²) in [6.07, 6.45) is 8.48. The van der Waals surface area contributed by atoms with Crippen LogP contribution in [0.3, 0.4) is 0 Å². The molecule has 148 valence electrons. The molecule has 0 spiro atoms. The van der Waals surface area contributed by atoms with Gasteiger partial charge in [-0.15, -0.1) is 11.3 Å². The molecule has 3 aromatic heterocycles. The molecule has 1 aliphatic rings. The lowest BCUT2D eigenvalue weighted by Crippen LogP contribution is -2.23. The van der Waals surface area contributed by atoms with Gasteiger partial charge in [-0.2, -0.15) is 0 Å². The zero-order chi connectivity index (χ0) is 20.4. The highest BCUT2D eigenvalue weighted by Crippen LogP contribution is 2.30. The van der Waals surface area contributed by atoms with Gasteiger partial charge in [0.1, 0.15) is 11.6 Å². The number of nitrogens with zero attached hydrogens (tertiary/aromatic N) is 2. The van der Waals surface area contributed by atoms with E-state index in [1.165, 1.54) is 46.7 Å². The Morgan fingerprint density at radius 3 is 2.90 bits per heavy atom. The molecule has 0 aromatic carbocycles. The smallest absolute Gasteiger partial charge is 0.261 e. The van der Waals surface area contributed by atoms with Crippen LogP contribution in [0.1, 0.15) is 44.2 Å². The number of hydrogen-bond donors (Lipinski definition) is 3. The molecule has 3 aromatic rings. The molecule has 0 radical (unpaired) electrons. The molecule has 8 heteroatoms. The van der Waals surface area contributed by atoms with Crippen LogP contribution in [0.5, 0.6) is 0 Å². The number of amides is 1. The van der Waals surface area contributed by atoms with Crippen LogP contribution in [-0.2, 0) is 19.4 Å². The first-order valence-electron chi connectivity index (χ1n) is 9.36. The number of aryl methyl sites for hydroxylation is 2. The Morgan fingerprint density at radius 1 is 1.31 bits per heavy atom. The van der Waals surface area contributed by atoms with Crippen molar-refractivity contribution in [3.63, 3.8) is 0 Å². The zero-order valence-corrected chi connectivity index (χ0v) is 16.5. The molecule has 29 heavy (non-hydrogen) atoms. The van der Waals surface area contributed by atoms with Crippen molar-refractivity contribution in [2.24, 2.45) is 0 Å². The molecule has 1 aliphatic carbocycles. The van der Waals surface area contributed by atoms with E-state index < -0.39 is 5.82 Å². The fourth-order valence-electron chi connectivity index (χ4n) is 3.49. The van der Waals surface area contributed by atoms with Gasteiger partial charge in [0, 0.05) is 34.6 Å². The summed E-state index contributed by atoms with van der Waals surface area (Å²) in [7, 11) is 0. The molecular weight excluding hydrogens is 389 g/mol. The summed E-state index contributed by atoms with van der Waals surface area (Å²) in [4.78, 5) is 22.5. The number of thiophene rings is 1. The summed E-state index contributed by atoms with van der Waals surface area (Å²) < 4.78 is 14.6. The molecule has 3 heterocycles. The van der Waals surface area contributed by atoms with Crippen LogP contribution in [0.25, 0.3) is 11.1 Å².